The zero-order valence-corrected chi connectivity index (χ0v) is 13.7. The number of ether oxygens (including phenoxy) is 1. The van der Waals surface area contributed by atoms with Crippen LogP contribution in [0.5, 0.6) is 5.75 Å². The zero-order chi connectivity index (χ0) is 15.8. The van der Waals surface area contributed by atoms with E-state index in [0.717, 1.165) is 37.4 Å². The highest BCUT2D eigenvalue weighted by Crippen LogP contribution is 2.18. The molecule has 1 heterocycles. The summed E-state index contributed by atoms with van der Waals surface area (Å²) < 4.78 is 5.82. The van der Waals surface area contributed by atoms with Gasteiger partial charge in [-0.05, 0) is 25.0 Å². The number of benzene rings is 1. The lowest BCUT2D eigenvalue weighted by molar-refractivity contribution is -1.01. The maximum Gasteiger partial charge on any atom is 0.137 e. The Morgan fingerprint density at radius 3 is 2.59 bits per heavy atom. The van der Waals surface area contributed by atoms with Crippen molar-refractivity contribution < 1.29 is 19.6 Å². The van der Waals surface area contributed by atoms with Crippen molar-refractivity contribution in [1.82, 2.24) is 0 Å². The second-order valence-electron chi connectivity index (χ2n) is 6.12. The Labute approximate surface area is 134 Å². The third kappa shape index (κ3) is 5.13. The second-order valence-corrected chi connectivity index (χ2v) is 6.12. The molecule has 3 N–H and O–H groups in total. The van der Waals surface area contributed by atoms with Gasteiger partial charge in [0.25, 0.3) is 0 Å². The summed E-state index contributed by atoms with van der Waals surface area (Å²) in [6, 6.07) is 7.97. The summed E-state index contributed by atoms with van der Waals surface area (Å²) in [5.41, 5.74) is 1.12. The number of hydrogen-bond donors (Lipinski definition) is 3. The van der Waals surface area contributed by atoms with Crippen molar-refractivity contribution in [2.45, 2.75) is 19.4 Å². The van der Waals surface area contributed by atoms with E-state index in [4.69, 9.17) is 4.74 Å². The average Bonchev–Trinajstić information content (AvgIpc) is 2.55. The number of para-hydroxylation sites is 1. The minimum absolute atomic E-state index is 0.363. The van der Waals surface area contributed by atoms with Crippen molar-refractivity contribution in [3.8, 4) is 5.75 Å². The van der Waals surface area contributed by atoms with E-state index in [1.54, 1.807) is 4.90 Å². The molecule has 1 fully saturated rings. The summed E-state index contributed by atoms with van der Waals surface area (Å²) >= 11 is 0. The van der Waals surface area contributed by atoms with E-state index in [2.05, 4.69) is 13.5 Å². The van der Waals surface area contributed by atoms with E-state index >= 15 is 0 Å². The Morgan fingerprint density at radius 2 is 1.91 bits per heavy atom. The fourth-order valence-corrected chi connectivity index (χ4v) is 3.06. The summed E-state index contributed by atoms with van der Waals surface area (Å²) in [7, 11) is 0. The van der Waals surface area contributed by atoms with Gasteiger partial charge in [-0.15, -0.1) is 6.58 Å². The van der Waals surface area contributed by atoms with Crippen LogP contribution in [-0.2, 0) is 6.42 Å². The van der Waals surface area contributed by atoms with Crippen LogP contribution in [0.25, 0.3) is 0 Å². The first-order chi connectivity index (χ1) is 10.7. The van der Waals surface area contributed by atoms with Crippen LogP contribution in [0.1, 0.15) is 12.5 Å². The van der Waals surface area contributed by atoms with Gasteiger partial charge in [0.1, 0.15) is 51.2 Å². The fraction of sp³-hybridized carbons (Fsp3) is 0.556. The van der Waals surface area contributed by atoms with Crippen LogP contribution in [0.2, 0.25) is 0 Å². The van der Waals surface area contributed by atoms with Gasteiger partial charge in [-0.2, -0.15) is 0 Å². The van der Waals surface area contributed by atoms with E-state index in [1.165, 1.54) is 24.5 Å². The molecule has 22 heavy (non-hydrogen) atoms. The second kappa shape index (κ2) is 8.93. The highest BCUT2D eigenvalue weighted by Gasteiger charge is 2.24. The lowest BCUT2D eigenvalue weighted by Gasteiger charge is -2.30. The van der Waals surface area contributed by atoms with E-state index in [0.29, 0.717) is 6.61 Å². The highest BCUT2D eigenvalue weighted by molar-refractivity contribution is 5.34. The molecule has 0 radical (unpaired) electrons. The Kier molecular flexibility index (Phi) is 6.90. The molecule has 122 valence electrons. The largest absolute Gasteiger partial charge is 0.490 e. The molecule has 0 unspecified atom stereocenters. The van der Waals surface area contributed by atoms with Crippen molar-refractivity contribution in [2.75, 3.05) is 45.9 Å². The molecular weight excluding hydrogens is 276 g/mol. The molecule has 4 nitrogen and oxygen atoms in total. The number of allylic oxidation sites excluding steroid dienone is 1. The predicted octanol–water partition coefficient (Wildman–Crippen LogP) is -1.04. The molecule has 1 aliphatic rings. The SMILES string of the molecule is C=CCc1ccccc1OC[C@H](O)C[NH+]1CC[NH+](CC)CC1. The fourth-order valence-electron chi connectivity index (χ4n) is 3.06. The molecule has 0 bridgehead atoms. The smallest absolute Gasteiger partial charge is 0.137 e. The minimum Gasteiger partial charge on any atom is -0.490 e. The summed E-state index contributed by atoms with van der Waals surface area (Å²) in [6.07, 6.45) is 2.26. The van der Waals surface area contributed by atoms with Crippen molar-refractivity contribution in [1.29, 1.82) is 0 Å². The van der Waals surface area contributed by atoms with E-state index in [1.807, 2.05) is 30.3 Å². The normalized spacial score (nSPS) is 23.0. The van der Waals surface area contributed by atoms with Crippen molar-refractivity contribution >= 4 is 0 Å². The number of rotatable bonds is 8. The molecular formula is C18H30N2O2+2. The molecule has 1 aromatic carbocycles. The van der Waals surface area contributed by atoms with Gasteiger partial charge < -0.3 is 19.6 Å². The van der Waals surface area contributed by atoms with Crippen LogP contribution >= 0.6 is 0 Å². The molecule has 1 atom stereocenters. The van der Waals surface area contributed by atoms with Crippen molar-refractivity contribution in [2.24, 2.45) is 0 Å². The number of likely N-dealkylation sites (N-methyl/N-ethyl adjacent to an activating group) is 1. The Bertz CT molecular complexity index is 456. The van der Waals surface area contributed by atoms with Gasteiger partial charge in [-0.3, -0.25) is 0 Å². The van der Waals surface area contributed by atoms with Crippen LogP contribution in [0.15, 0.2) is 36.9 Å². The van der Waals surface area contributed by atoms with Crippen LogP contribution < -0.4 is 14.5 Å². The first-order valence-electron chi connectivity index (χ1n) is 8.39. The molecule has 1 saturated heterocycles. The van der Waals surface area contributed by atoms with Gasteiger partial charge in [-0.25, -0.2) is 0 Å². The maximum absolute atomic E-state index is 10.2. The molecule has 1 aliphatic heterocycles. The molecule has 1 aromatic rings. The van der Waals surface area contributed by atoms with E-state index in [9.17, 15) is 5.11 Å². The van der Waals surface area contributed by atoms with Gasteiger partial charge in [0.15, 0.2) is 0 Å². The molecule has 4 heteroatoms. The third-order valence-electron chi connectivity index (χ3n) is 4.46. The van der Waals surface area contributed by atoms with Crippen LogP contribution in [-0.4, -0.2) is 57.1 Å². The molecule has 0 spiro atoms. The summed E-state index contributed by atoms with van der Waals surface area (Å²) in [4.78, 5) is 3.17. The topological polar surface area (TPSA) is 38.3 Å². The van der Waals surface area contributed by atoms with Gasteiger partial charge in [0.05, 0.1) is 6.54 Å². The molecule has 2 rings (SSSR count). The number of aliphatic hydroxyl groups excluding tert-OH is 1. The zero-order valence-electron chi connectivity index (χ0n) is 13.7. The number of nitrogens with one attached hydrogen (secondary N) is 2. The minimum atomic E-state index is -0.407. The Hall–Kier alpha value is -1.36. The van der Waals surface area contributed by atoms with Crippen LogP contribution in [0, 0.1) is 0 Å². The number of piperazine rings is 1. The van der Waals surface area contributed by atoms with Crippen molar-refractivity contribution in [3.05, 3.63) is 42.5 Å². The Balaban J connectivity index is 1.76. The van der Waals surface area contributed by atoms with E-state index < -0.39 is 6.10 Å². The van der Waals surface area contributed by atoms with Gasteiger partial charge in [0, 0.05) is 0 Å². The predicted molar refractivity (Wildman–Crippen MR) is 88.6 cm³/mol. The molecule has 0 aromatic heterocycles. The monoisotopic (exact) mass is 306 g/mol. The quantitative estimate of drug-likeness (QED) is 0.537. The lowest BCUT2D eigenvalue weighted by Crippen LogP contribution is -3.28. The lowest BCUT2D eigenvalue weighted by atomic mass is 10.1. The third-order valence-corrected chi connectivity index (χ3v) is 4.46. The summed E-state index contributed by atoms with van der Waals surface area (Å²) in [6.45, 7) is 13.1. The number of hydrogen-bond acceptors (Lipinski definition) is 2. The molecule has 0 aliphatic carbocycles. The number of quaternary nitrogens is 2. The number of aliphatic hydroxyl groups is 1. The first kappa shape index (κ1) is 17.0. The Morgan fingerprint density at radius 1 is 1.23 bits per heavy atom. The van der Waals surface area contributed by atoms with Crippen LogP contribution in [0.3, 0.4) is 0 Å². The van der Waals surface area contributed by atoms with Gasteiger partial charge in [-0.1, -0.05) is 24.3 Å². The van der Waals surface area contributed by atoms with E-state index in [-0.39, 0.29) is 0 Å². The molecule has 0 saturated carbocycles. The highest BCUT2D eigenvalue weighted by atomic mass is 16.5. The molecule has 0 amide bonds. The summed E-state index contributed by atoms with van der Waals surface area (Å²) in [5.74, 6) is 0.858. The van der Waals surface area contributed by atoms with Crippen LogP contribution in [0.4, 0.5) is 0 Å². The first-order valence-corrected chi connectivity index (χ1v) is 8.39. The summed E-state index contributed by atoms with van der Waals surface area (Å²) in [5, 5.41) is 10.2. The maximum atomic E-state index is 10.2. The van der Waals surface area contributed by atoms with Crippen molar-refractivity contribution in [3.63, 3.8) is 0 Å². The van der Waals surface area contributed by atoms with Gasteiger partial charge in [0.2, 0.25) is 0 Å². The van der Waals surface area contributed by atoms with Gasteiger partial charge >= 0.3 is 0 Å². The standard InChI is InChI=1S/C18H28N2O2/c1-3-7-16-8-5-6-9-18(16)22-15-17(21)14-20-12-10-19(4-2)11-13-20/h3,5-6,8-9,17,21H,1,4,7,10-15H2,2H3/p+2/t17-/m1/s1. The average molecular weight is 306 g/mol.